The number of ether oxygens (including phenoxy) is 1. The molecule has 2 aromatic carbocycles. The van der Waals surface area contributed by atoms with Crippen LogP contribution in [0.4, 0.5) is 29.5 Å². The van der Waals surface area contributed by atoms with Crippen LogP contribution in [0.3, 0.4) is 0 Å². The maximum absolute atomic E-state index is 13.6. The molecule has 0 saturated carbocycles. The molecular weight excluding hydrogens is 499 g/mol. The van der Waals surface area contributed by atoms with Gasteiger partial charge in [-0.05, 0) is 42.5 Å². The molecule has 6 rings (SSSR count). The van der Waals surface area contributed by atoms with Gasteiger partial charge in [-0.15, -0.1) is 0 Å². The Balaban J connectivity index is 1.29. The van der Waals surface area contributed by atoms with Crippen molar-refractivity contribution in [2.75, 3.05) is 29.4 Å². The lowest BCUT2D eigenvalue weighted by Crippen LogP contribution is -2.53. The number of hydrogen-bond acceptors (Lipinski definition) is 6. The highest BCUT2D eigenvalue weighted by atomic mass is 19.4. The van der Waals surface area contributed by atoms with Gasteiger partial charge in [0.05, 0.1) is 11.2 Å². The number of para-hydroxylation sites is 3. The van der Waals surface area contributed by atoms with E-state index >= 15 is 0 Å². The monoisotopic (exact) mass is 519 g/mol. The Morgan fingerprint density at radius 2 is 1.66 bits per heavy atom. The van der Waals surface area contributed by atoms with E-state index in [-0.39, 0.29) is 18.6 Å². The van der Waals surface area contributed by atoms with E-state index in [4.69, 9.17) is 4.74 Å². The third-order valence-electron chi connectivity index (χ3n) is 6.58. The molecule has 38 heavy (non-hydrogen) atoms. The quantitative estimate of drug-likeness (QED) is 0.349. The fourth-order valence-corrected chi connectivity index (χ4v) is 4.80. The molecule has 2 aliphatic rings. The van der Waals surface area contributed by atoms with Gasteiger partial charge in [0.2, 0.25) is 0 Å². The molecule has 3 amide bonds. The van der Waals surface area contributed by atoms with Gasteiger partial charge in [0.15, 0.2) is 5.75 Å². The number of carbonyl (C=O) groups excluding carboxylic acids is 2. The maximum Gasteiger partial charge on any atom is 0.433 e. The standard InChI is InChI=1S/C27H20F3N5O3/c28-27(29,30)23-11-10-18-19(32-23)12-13-31-24(18)33-14-15-34-21(16-33)25(36)35(26(34)37)20-8-4-5-9-22(20)38-17-6-2-1-3-7-17/h1-13,21H,14-16H2. The zero-order valence-electron chi connectivity index (χ0n) is 19.8. The highest BCUT2D eigenvalue weighted by molar-refractivity contribution is 6.22. The molecule has 0 bridgehead atoms. The van der Waals surface area contributed by atoms with Crippen molar-refractivity contribution >= 4 is 34.3 Å². The minimum atomic E-state index is -4.57. The fourth-order valence-electron chi connectivity index (χ4n) is 4.80. The molecule has 4 heterocycles. The number of piperazine rings is 1. The number of nitrogens with zero attached hydrogens (tertiary/aromatic N) is 5. The van der Waals surface area contributed by atoms with Crippen LogP contribution in [0.1, 0.15) is 5.69 Å². The van der Waals surface area contributed by atoms with Crippen molar-refractivity contribution in [3.05, 3.63) is 84.7 Å². The molecule has 2 saturated heterocycles. The van der Waals surface area contributed by atoms with Gasteiger partial charge in [0.1, 0.15) is 23.3 Å². The number of alkyl halides is 3. The molecular formula is C27H20F3N5O3. The van der Waals surface area contributed by atoms with E-state index in [0.29, 0.717) is 34.9 Å². The maximum atomic E-state index is 13.6. The number of urea groups is 1. The van der Waals surface area contributed by atoms with Crippen molar-refractivity contribution < 1.29 is 27.5 Å². The smallest absolute Gasteiger partial charge is 0.433 e. The van der Waals surface area contributed by atoms with Gasteiger partial charge in [-0.1, -0.05) is 30.3 Å². The minimum absolute atomic E-state index is 0.135. The Hall–Kier alpha value is -4.67. The second kappa shape index (κ2) is 9.02. The summed E-state index contributed by atoms with van der Waals surface area (Å²) in [5, 5.41) is 0.434. The second-order valence-corrected chi connectivity index (χ2v) is 8.89. The number of halogens is 3. The van der Waals surface area contributed by atoms with Gasteiger partial charge in [0, 0.05) is 31.2 Å². The summed E-state index contributed by atoms with van der Waals surface area (Å²) in [6.07, 6.45) is -3.17. The van der Waals surface area contributed by atoms with Crippen molar-refractivity contribution in [1.82, 2.24) is 14.9 Å². The summed E-state index contributed by atoms with van der Waals surface area (Å²) in [5.41, 5.74) is -0.510. The fraction of sp³-hybridized carbons (Fsp3) is 0.185. The molecule has 2 aliphatic heterocycles. The zero-order chi connectivity index (χ0) is 26.4. The summed E-state index contributed by atoms with van der Waals surface area (Å²) in [4.78, 5) is 39.5. The third kappa shape index (κ3) is 4.05. The summed E-state index contributed by atoms with van der Waals surface area (Å²) < 4.78 is 45.4. The van der Waals surface area contributed by atoms with E-state index in [0.717, 1.165) is 11.0 Å². The Morgan fingerprint density at radius 1 is 0.895 bits per heavy atom. The lowest BCUT2D eigenvalue weighted by atomic mass is 10.1. The summed E-state index contributed by atoms with van der Waals surface area (Å²) >= 11 is 0. The Labute approximate surface area is 214 Å². The summed E-state index contributed by atoms with van der Waals surface area (Å²) in [6.45, 7) is 0.716. The first-order chi connectivity index (χ1) is 18.3. The first-order valence-corrected chi connectivity index (χ1v) is 11.9. The molecule has 2 aromatic heterocycles. The molecule has 1 unspecified atom stereocenters. The first kappa shape index (κ1) is 23.7. The van der Waals surface area contributed by atoms with Crippen LogP contribution in [0.2, 0.25) is 0 Å². The number of amides is 3. The number of anilines is 2. The lowest BCUT2D eigenvalue weighted by molar-refractivity contribution is -0.141. The van der Waals surface area contributed by atoms with Crippen molar-refractivity contribution in [3.63, 3.8) is 0 Å². The van der Waals surface area contributed by atoms with Crippen LogP contribution in [0.5, 0.6) is 11.5 Å². The third-order valence-corrected chi connectivity index (χ3v) is 6.58. The molecule has 11 heteroatoms. The van der Waals surface area contributed by atoms with E-state index in [2.05, 4.69) is 9.97 Å². The van der Waals surface area contributed by atoms with Crippen molar-refractivity contribution in [2.45, 2.75) is 12.2 Å². The molecule has 0 aliphatic carbocycles. The number of aromatic nitrogens is 2. The number of benzene rings is 2. The zero-order valence-corrected chi connectivity index (χ0v) is 19.8. The first-order valence-electron chi connectivity index (χ1n) is 11.9. The molecule has 2 fully saturated rings. The molecule has 4 aromatic rings. The predicted octanol–water partition coefficient (Wildman–Crippen LogP) is 5.10. The van der Waals surface area contributed by atoms with Crippen LogP contribution in [0.25, 0.3) is 10.9 Å². The van der Waals surface area contributed by atoms with Crippen LogP contribution in [0, 0.1) is 0 Å². The van der Waals surface area contributed by atoms with Gasteiger partial charge in [-0.2, -0.15) is 13.2 Å². The highest BCUT2D eigenvalue weighted by Crippen LogP contribution is 2.38. The van der Waals surface area contributed by atoms with Gasteiger partial charge < -0.3 is 14.5 Å². The van der Waals surface area contributed by atoms with E-state index < -0.39 is 29.9 Å². The Morgan fingerprint density at radius 3 is 2.45 bits per heavy atom. The van der Waals surface area contributed by atoms with E-state index in [1.165, 1.54) is 23.2 Å². The minimum Gasteiger partial charge on any atom is -0.455 e. The molecule has 192 valence electrons. The number of carbonyl (C=O) groups is 2. The number of imide groups is 1. The summed E-state index contributed by atoms with van der Waals surface area (Å²) in [7, 11) is 0. The van der Waals surface area contributed by atoms with Crippen LogP contribution < -0.4 is 14.5 Å². The average Bonchev–Trinajstić information content (AvgIpc) is 3.17. The van der Waals surface area contributed by atoms with Crippen LogP contribution in [-0.2, 0) is 11.0 Å². The van der Waals surface area contributed by atoms with Crippen LogP contribution in [-0.4, -0.2) is 52.5 Å². The number of fused-ring (bicyclic) bond motifs is 2. The summed E-state index contributed by atoms with van der Waals surface area (Å²) in [6, 6.07) is 18.3. The van der Waals surface area contributed by atoms with Gasteiger partial charge in [-0.3, -0.25) is 4.79 Å². The van der Waals surface area contributed by atoms with Crippen molar-refractivity contribution in [2.24, 2.45) is 0 Å². The lowest BCUT2D eigenvalue weighted by Gasteiger charge is -2.36. The number of hydrogen-bond donors (Lipinski definition) is 0. The SMILES string of the molecule is O=C1C2CN(c3nccc4nc(C(F)(F)F)ccc34)CCN2C(=O)N1c1ccccc1Oc1ccccc1. The molecule has 1 atom stereocenters. The van der Waals surface area contributed by atoms with Gasteiger partial charge in [0.25, 0.3) is 5.91 Å². The summed E-state index contributed by atoms with van der Waals surface area (Å²) in [5.74, 6) is 0.919. The van der Waals surface area contributed by atoms with Crippen molar-refractivity contribution in [3.8, 4) is 11.5 Å². The second-order valence-electron chi connectivity index (χ2n) is 8.89. The Kier molecular flexibility index (Phi) is 5.63. The van der Waals surface area contributed by atoms with Crippen LogP contribution in [0.15, 0.2) is 79.0 Å². The van der Waals surface area contributed by atoms with Crippen LogP contribution >= 0.6 is 0 Å². The van der Waals surface area contributed by atoms with Gasteiger partial charge in [-0.25, -0.2) is 19.7 Å². The molecule has 0 radical (unpaired) electrons. The highest BCUT2D eigenvalue weighted by Gasteiger charge is 2.49. The predicted molar refractivity (Wildman–Crippen MR) is 133 cm³/mol. The average molecular weight is 519 g/mol. The van der Waals surface area contributed by atoms with E-state index in [1.807, 2.05) is 18.2 Å². The molecule has 8 nitrogen and oxygen atoms in total. The normalized spacial score (nSPS) is 17.8. The largest absolute Gasteiger partial charge is 0.455 e. The Bertz CT molecular complexity index is 1550. The van der Waals surface area contributed by atoms with Gasteiger partial charge >= 0.3 is 12.2 Å². The van der Waals surface area contributed by atoms with E-state index in [1.54, 1.807) is 41.3 Å². The van der Waals surface area contributed by atoms with E-state index in [9.17, 15) is 22.8 Å². The van der Waals surface area contributed by atoms with Crippen molar-refractivity contribution in [1.29, 1.82) is 0 Å². The molecule has 0 N–H and O–H groups in total. The number of pyridine rings is 2. The number of rotatable bonds is 4. The molecule has 0 spiro atoms. The topological polar surface area (TPSA) is 78.9 Å².